The Morgan fingerprint density at radius 3 is 2.71 bits per heavy atom. The van der Waals surface area contributed by atoms with Crippen LogP contribution in [0.5, 0.6) is 0 Å². The van der Waals surface area contributed by atoms with Crippen molar-refractivity contribution in [2.45, 2.75) is 40.2 Å². The largest absolute Gasteiger partial charge is 0.379 e. The Morgan fingerprint density at radius 1 is 1.39 bits per heavy atom. The first-order chi connectivity index (χ1) is 13.4. The van der Waals surface area contributed by atoms with E-state index in [9.17, 15) is 4.79 Å². The van der Waals surface area contributed by atoms with Crippen LogP contribution in [-0.4, -0.2) is 43.5 Å². The lowest BCUT2D eigenvalue weighted by Gasteiger charge is -2.36. The van der Waals surface area contributed by atoms with Crippen LogP contribution in [0.25, 0.3) is 5.57 Å². The van der Waals surface area contributed by atoms with Crippen molar-refractivity contribution in [3.8, 4) is 0 Å². The van der Waals surface area contributed by atoms with Crippen molar-refractivity contribution in [2.75, 3.05) is 26.3 Å². The molecule has 0 amide bonds. The number of carbonyl (C=O) groups excluding carboxylic acids is 1. The van der Waals surface area contributed by atoms with Gasteiger partial charge >= 0.3 is 0 Å². The van der Waals surface area contributed by atoms with Crippen LogP contribution in [0, 0.1) is 6.92 Å². The molecule has 1 aromatic rings. The first-order valence-electron chi connectivity index (χ1n) is 9.91. The molecule has 0 saturated carbocycles. The maximum absolute atomic E-state index is 11.7. The van der Waals surface area contributed by atoms with E-state index in [2.05, 4.69) is 43.6 Å². The molecule has 0 radical (unpaired) electrons. The maximum atomic E-state index is 11.7. The van der Waals surface area contributed by atoms with Crippen molar-refractivity contribution in [3.63, 3.8) is 0 Å². The summed E-state index contributed by atoms with van der Waals surface area (Å²) < 4.78 is 5.48. The van der Waals surface area contributed by atoms with Crippen molar-refractivity contribution < 1.29 is 9.53 Å². The Kier molecular flexibility index (Phi) is 6.70. The van der Waals surface area contributed by atoms with Crippen molar-refractivity contribution in [2.24, 2.45) is 0 Å². The molecule has 1 aromatic heterocycles. The lowest BCUT2D eigenvalue weighted by atomic mass is 9.96. The number of aldehydes is 1. The van der Waals surface area contributed by atoms with Gasteiger partial charge in [0.25, 0.3) is 0 Å². The SMILES string of the molecule is C=C(/C=C1/C=C(C=O)C(C)=C(C(C)N2CCOCC2)N1)c1cc(C)c(CC)s1. The van der Waals surface area contributed by atoms with Crippen molar-refractivity contribution in [1.82, 2.24) is 10.2 Å². The van der Waals surface area contributed by atoms with E-state index in [0.717, 1.165) is 67.1 Å². The van der Waals surface area contributed by atoms with E-state index in [1.165, 1.54) is 15.3 Å². The topological polar surface area (TPSA) is 41.6 Å². The normalized spacial score (nSPS) is 20.7. The minimum absolute atomic E-state index is 0.194. The number of ether oxygens (including phenoxy) is 1. The smallest absolute Gasteiger partial charge is 0.150 e. The average Bonchev–Trinajstić information content (AvgIpc) is 3.10. The van der Waals surface area contributed by atoms with Gasteiger partial charge in [0.2, 0.25) is 0 Å². The Hall–Kier alpha value is -1.95. The summed E-state index contributed by atoms with van der Waals surface area (Å²) in [6, 6.07) is 2.40. The second-order valence-electron chi connectivity index (χ2n) is 7.40. The molecule has 1 unspecified atom stereocenters. The van der Waals surface area contributed by atoms with Crippen molar-refractivity contribution in [1.29, 1.82) is 0 Å². The molecule has 28 heavy (non-hydrogen) atoms. The summed E-state index contributed by atoms with van der Waals surface area (Å²) in [4.78, 5) is 16.7. The Labute approximate surface area is 172 Å². The predicted octanol–water partition coefficient (Wildman–Crippen LogP) is 4.24. The van der Waals surface area contributed by atoms with E-state index in [1.54, 1.807) is 11.3 Å². The van der Waals surface area contributed by atoms with Crippen LogP contribution in [0.4, 0.5) is 0 Å². The summed E-state index contributed by atoms with van der Waals surface area (Å²) in [6.07, 6.45) is 5.96. The molecule has 4 nitrogen and oxygen atoms in total. The molecule has 0 aromatic carbocycles. The van der Waals surface area contributed by atoms with Crippen LogP contribution in [0.3, 0.4) is 0 Å². The number of allylic oxidation sites excluding steroid dienone is 5. The summed E-state index contributed by atoms with van der Waals surface area (Å²) in [5.41, 5.74) is 6.02. The second kappa shape index (κ2) is 9.03. The number of aryl methyl sites for hydroxylation is 2. The number of thiophene rings is 1. The van der Waals surface area contributed by atoms with Crippen molar-refractivity contribution >= 4 is 23.2 Å². The van der Waals surface area contributed by atoms with Crippen LogP contribution in [0.2, 0.25) is 0 Å². The van der Waals surface area contributed by atoms with Gasteiger partial charge < -0.3 is 10.1 Å². The fraction of sp³-hybridized carbons (Fsp3) is 0.435. The third-order valence-electron chi connectivity index (χ3n) is 5.55. The van der Waals surface area contributed by atoms with Crippen LogP contribution in [0.15, 0.2) is 47.3 Å². The van der Waals surface area contributed by atoms with Gasteiger partial charge in [0.05, 0.1) is 13.2 Å². The first kappa shape index (κ1) is 20.8. The van der Waals surface area contributed by atoms with Gasteiger partial charge in [0.1, 0.15) is 6.29 Å². The monoisotopic (exact) mass is 398 g/mol. The fourth-order valence-corrected chi connectivity index (χ4v) is 4.83. The summed E-state index contributed by atoms with van der Waals surface area (Å²) in [7, 11) is 0. The van der Waals surface area contributed by atoms with Gasteiger partial charge in [-0.25, -0.2) is 0 Å². The summed E-state index contributed by atoms with van der Waals surface area (Å²) in [6.45, 7) is 16.1. The summed E-state index contributed by atoms with van der Waals surface area (Å²) >= 11 is 1.80. The minimum Gasteiger partial charge on any atom is -0.379 e. The number of carbonyl (C=O) groups is 1. The number of nitrogens with one attached hydrogen (secondary N) is 1. The van der Waals surface area contributed by atoms with Crippen LogP contribution >= 0.6 is 11.3 Å². The van der Waals surface area contributed by atoms with Crippen molar-refractivity contribution in [3.05, 3.63) is 62.7 Å². The number of nitrogens with zero attached hydrogens (tertiary/aromatic N) is 1. The number of rotatable bonds is 6. The molecular weight excluding hydrogens is 368 g/mol. The van der Waals surface area contributed by atoms with E-state index >= 15 is 0 Å². The molecule has 1 fully saturated rings. The third kappa shape index (κ3) is 4.37. The van der Waals surface area contributed by atoms with Crippen LogP contribution < -0.4 is 5.32 Å². The van der Waals surface area contributed by atoms with E-state index in [0.29, 0.717) is 0 Å². The zero-order valence-electron chi connectivity index (χ0n) is 17.3. The molecule has 1 atom stereocenters. The molecule has 3 rings (SSSR count). The number of dihydropyridines is 1. The van der Waals surface area contributed by atoms with Gasteiger partial charge in [-0.3, -0.25) is 9.69 Å². The lowest BCUT2D eigenvalue weighted by Crippen LogP contribution is -2.46. The zero-order valence-corrected chi connectivity index (χ0v) is 18.1. The molecular formula is C23H30N2O2S. The van der Waals surface area contributed by atoms with Gasteiger partial charge in [-0.1, -0.05) is 13.5 Å². The molecule has 1 saturated heterocycles. The number of hydrogen-bond donors (Lipinski definition) is 1. The fourth-order valence-electron chi connectivity index (χ4n) is 3.77. The van der Waals surface area contributed by atoms with Gasteiger partial charge in [-0.2, -0.15) is 0 Å². The Bertz CT molecular complexity index is 854. The van der Waals surface area contributed by atoms with Gasteiger partial charge in [0, 0.05) is 45.9 Å². The van der Waals surface area contributed by atoms with E-state index < -0.39 is 0 Å². The molecule has 2 aliphatic rings. The highest BCUT2D eigenvalue weighted by atomic mass is 32.1. The zero-order chi connectivity index (χ0) is 20.3. The molecule has 3 heterocycles. The molecule has 0 spiro atoms. The van der Waals surface area contributed by atoms with Gasteiger partial charge in [0.15, 0.2) is 0 Å². The Morgan fingerprint density at radius 2 is 2.11 bits per heavy atom. The highest BCUT2D eigenvalue weighted by Gasteiger charge is 2.25. The van der Waals surface area contributed by atoms with E-state index in [1.807, 2.05) is 19.1 Å². The highest BCUT2D eigenvalue weighted by Crippen LogP contribution is 2.30. The second-order valence-corrected chi connectivity index (χ2v) is 8.54. The third-order valence-corrected chi connectivity index (χ3v) is 7.01. The molecule has 2 aliphatic heterocycles. The van der Waals surface area contributed by atoms with E-state index in [4.69, 9.17) is 4.74 Å². The van der Waals surface area contributed by atoms with Crippen LogP contribution in [-0.2, 0) is 16.0 Å². The first-order valence-corrected chi connectivity index (χ1v) is 10.7. The van der Waals surface area contributed by atoms with Gasteiger partial charge in [-0.05, 0) is 62.1 Å². The number of morpholine rings is 1. The standard InChI is InChI=1S/C23H30N2O2S/c1-6-21-16(3)12-22(28-21)15(2)11-20-13-19(14-26)17(4)23(24-20)18(5)25-7-9-27-10-8-25/h11-14,18,24H,2,6-10H2,1,3-5H3/b20-11-. The summed E-state index contributed by atoms with van der Waals surface area (Å²) in [5, 5.41) is 3.57. The summed E-state index contributed by atoms with van der Waals surface area (Å²) in [5.74, 6) is 0. The number of hydrogen-bond acceptors (Lipinski definition) is 5. The lowest BCUT2D eigenvalue weighted by molar-refractivity contribution is -0.104. The van der Waals surface area contributed by atoms with Gasteiger partial charge in [-0.15, -0.1) is 11.3 Å². The maximum Gasteiger partial charge on any atom is 0.150 e. The highest BCUT2D eigenvalue weighted by molar-refractivity contribution is 7.13. The molecule has 150 valence electrons. The van der Waals surface area contributed by atoms with Crippen LogP contribution in [0.1, 0.15) is 36.1 Å². The average molecular weight is 399 g/mol. The molecule has 0 bridgehead atoms. The van der Waals surface area contributed by atoms with E-state index in [-0.39, 0.29) is 6.04 Å². The minimum atomic E-state index is 0.194. The molecule has 1 N–H and O–H groups in total. The Balaban J connectivity index is 1.86. The quantitative estimate of drug-likeness (QED) is 0.728. The predicted molar refractivity (Wildman–Crippen MR) is 117 cm³/mol. The molecule has 0 aliphatic carbocycles. The molecule has 5 heteroatoms.